The van der Waals surface area contributed by atoms with Gasteiger partial charge in [-0.15, -0.1) is 0 Å². The molecule has 4 aromatic rings. The summed E-state index contributed by atoms with van der Waals surface area (Å²) in [6.07, 6.45) is 6.93. The van der Waals surface area contributed by atoms with Crippen molar-refractivity contribution in [2.24, 2.45) is 0 Å². The standard InChI is InChI=1S/C15H11N3.C4H4N2S.Pt/c1-3-10-16-12(6-1)14-8-5-9-15(18-14)13-7-2-4-11-17-13;7-4-5-2-1-3-6-4;/h1-11H;1-3H,(H,5,6,7);/q;;+4. The zero-order chi connectivity index (χ0) is 17.3. The van der Waals surface area contributed by atoms with Gasteiger partial charge in [0.15, 0.2) is 4.77 Å². The first-order chi connectivity index (χ1) is 12.3. The molecule has 26 heavy (non-hydrogen) atoms. The predicted octanol–water partition coefficient (Wildman–Crippen LogP) is 4.34. The molecule has 0 amide bonds. The van der Waals surface area contributed by atoms with E-state index in [9.17, 15) is 0 Å². The Morgan fingerprint density at radius 2 is 1.15 bits per heavy atom. The molecule has 1 N–H and O–H groups in total. The topological polar surface area (TPSA) is 67.3 Å². The van der Waals surface area contributed by atoms with E-state index in [1.807, 2.05) is 54.6 Å². The van der Waals surface area contributed by atoms with Gasteiger partial charge in [-0.1, -0.05) is 18.2 Å². The summed E-state index contributed by atoms with van der Waals surface area (Å²) < 4.78 is 0.530. The van der Waals surface area contributed by atoms with Crippen LogP contribution in [0.4, 0.5) is 0 Å². The molecule has 0 aromatic carbocycles. The molecule has 0 unspecified atom stereocenters. The number of H-pyrrole nitrogens is 1. The predicted molar refractivity (Wildman–Crippen MR) is 100 cm³/mol. The van der Waals surface area contributed by atoms with Crippen LogP contribution in [0.1, 0.15) is 0 Å². The van der Waals surface area contributed by atoms with E-state index in [1.54, 1.807) is 30.9 Å². The molecule has 0 aliphatic carbocycles. The minimum atomic E-state index is 0. The number of aromatic nitrogens is 5. The Labute approximate surface area is 170 Å². The quantitative estimate of drug-likeness (QED) is 0.383. The maximum atomic E-state index is 4.65. The van der Waals surface area contributed by atoms with Crippen LogP contribution in [0.25, 0.3) is 22.8 Å². The van der Waals surface area contributed by atoms with Crippen LogP contribution in [0.5, 0.6) is 0 Å². The van der Waals surface area contributed by atoms with Gasteiger partial charge in [0.2, 0.25) is 0 Å². The Hall–Kier alpha value is -2.56. The molecule has 0 aliphatic rings. The third kappa shape index (κ3) is 5.76. The van der Waals surface area contributed by atoms with Crippen molar-refractivity contribution in [3.8, 4) is 22.8 Å². The van der Waals surface area contributed by atoms with Crippen molar-refractivity contribution in [2.75, 3.05) is 0 Å². The first-order valence-corrected chi connectivity index (χ1v) is 8.03. The Bertz CT molecular complexity index is 905. The van der Waals surface area contributed by atoms with Gasteiger partial charge >= 0.3 is 21.1 Å². The molecule has 4 heterocycles. The first kappa shape index (κ1) is 19.8. The summed E-state index contributed by atoms with van der Waals surface area (Å²) in [6.45, 7) is 0. The molecule has 4 rings (SSSR count). The molecule has 0 saturated heterocycles. The molecule has 7 heteroatoms. The van der Waals surface area contributed by atoms with E-state index in [1.165, 1.54) is 0 Å². The number of rotatable bonds is 2. The van der Waals surface area contributed by atoms with Gasteiger partial charge in [0, 0.05) is 24.8 Å². The molecule has 0 fully saturated rings. The monoisotopic (exact) mass is 540 g/mol. The van der Waals surface area contributed by atoms with Gasteiger partial charge in [0.1, 0.15) is 0 Å². The zero-order valence-electron chi connectivity index (χ0n) is 13.6. The van der Waals surface area contributed by atoms with Crippen molar-refractivity contribution in [1.82, 2.24) is 24.9 Å². The summed E-state index contributed by atoms with van der Waals surface area (Å²) >= 11 is 4.65. The largest absolute Gasteiger partial charge is 4.00 e. The van der Waals surface area contributed by atoms with E-state index >= 15 is 0 Å². The Kier molecular flexibility index (Phi) is 7.93. The number of nitrogens with zero attached hydrogens (tertiary/aromatic N) is 4. The fraction of sp³-hybridized carbons (Fsp3) is 0. The molecular weight excluding hydrogens is 525 g/mol. The molecular formula is C19H15N5PtS+4. The molecule has 5 nitrogen and oxygen atoms in total. The van der Waals surface area contributed by atoms with Crippen molar-refractivity contribution in [1.29, 1.82) is 0 Å². The van der Waals surface area contributed by atoms with E-state index in [2.05, 4.69) is 37.1 Å². The van der Waals surface area contributed by atoms with Crippen LogP contribution < -0.4 is 0 Å². The number of aromatic amines is 1. The summed E-state index contributed by atoms with van der Waals surface area (Å²) in [4.78, 5) is 19.7. The molecule has 0 spiro atoms. The van der Waals surface area contributed by atoms with Gasteiger partial charge in [-0.3, -0.25) is 9.97 Å². The molecule has 0 radical (unpaired) electrons. The van der Waals surface area contributed by atoms with E-state index in [4.69, 9.17) is 0 Å². The second-order valence-electron chi connectivity index (χ2n) is 4.92. The molecule has 0 saturated carbocycles. The summed E-state index contributed by atoms with van der Waals surface area (Å²) in [5.74, 6) is 0. The second-order valence-corrected chi connectivity index (χ2v) is 5.31. The molecule has 0 bridgehead atoms. The van der Waals surface area contributed by atoms with Crippen LogP contribution >= 0.6 is 12.2 Å². The minimum Gasteiger partial charge on any atom is -0.337 e. The van der Waals surface area contributed by atoms with Gasteiger partial charge in [0.25, 0.3) is 0 Å². The maximum absolute atomic E-state index is 4.65. The molecule has 0 atom stereocenters. The zero-order valence-corrected chi connectivity index (χ0v) is 16.7. The van der Waals surface area contributed by atoms with Crippen molar-refractivity contribution in [3.05, 3.63) is 90.2 Å². The number of hydrogen-bond acceptors (Lipinski definition) is 5. The Morgan fingerprint density at radius 1 is 0.615 bits per heavy atom. The molecule has 0 aliphatic heterocycles. The molecule has 4 aromatic heterocycles. The van der Waals surface area contributed by atoms with Crippen LogP contribution in [0.2, 0.25) is 0 Å². The smallest absolute Gasteiger partial charge is 0.337 e. The van der Waals surface area contributed by atoms with Crippen LogP contribution in [-0.4, -0.2) is 24.9 Å². The number of hydrogen-bond donors (Lipinski definition) is 1. The third-order valence-corrected chi connectivity index (χ3v) is 3.41. The average molecular weight is 541 g/mol. The fourth-order valence-electron chi connectivity index (χ4n) is 2.06. The normalized spacial score (nSPS) is 9.38. The average Bonchev–Trinajstić information content (AvgIpc) is 2.71. The van der Waals surface area contributed by atoms with Crippen molar-refractivity contribution >= 4 is 12.2 Å². The minimum absolute atomic E-state index is 0. The van der Waals surface area contributed by atoms with Crippen molar-refractivity contribution < 1.29 is 21.1 Å². The van der Waals surface area contributed by atoms with Gasteiger partial charge in [-0.2, -0.15) is 0 Å². The number of pyridine rings is 3. The summed E-state index contributed by atoms with van der Waals surface area (Å²) in [7, 11) is 0. The van der Waals surface area contributed by atoms with Crippen LogP contribution in [-0.2, 0) is 21.1 Å². The van der Waals surface area contributed by atoms with Crippen LogP contribution in [0.3, 0.4) is 0 Å². The molecule has 128 valence electrons. The van der Waals surface area contributed by atoms with Gasteiger partial charge in [-0.25, -0.2) is 9.97 Å². The van der Waals surface area contributed by atoms with Gasteiger partial charge in [-0.05, 0) is 54.7 Å². The summed E-state index contributed by atoms with van der Waals surface area (Å²) in [6, 6.07) is 19.3. The first-order valence-electron chi connectivity index (χ1n) is 7.62. The Balaban J connectivity index is 0.000000258. The maximum Gasteiger partial charge on any atom is 4.00 e. The van der Waals surface area contributed by atoms with Crippen molar-refractivity contribution in [3.63, 3.8) is 0 Å². The van der Waals surface area contributed by atoms with Gasteiger partial charge in [0.05, 0.1) is 22.8 Å². The number of nitrogens with one attached hydrogen (secondary N) is 1. The Morgan fingerprint density at radius 3 is 1.54 bits per heavy atom. The van der Waals surface area contributed by atoms with E-state index < -0.39 is 0 Å². The van der Waals surface area contributed by atoms with E-state index in [0.717, 1.165) is 22.8 Å². The van der Waals surface area contributed by atoms with E-state index in [-0.39, 0.29) is 21.1 Å². The fourth-order valence-corrected chi connectivity index (χ4v) is 2.19. The van der Waals surface area contributed by atoms with Crippen LogP contribution in [0.15, 0.2) is 85.5 Å². The van der Waals surface area contributed by atoms with Crippen LogP contribution in [0, 0.1) is 4.77 Å². The van der Waals surface area contributed by atoms with Gasteiger partial charge < -0.3 is 4.98 Å². The second kappa shape index (κ2) is 10.4. The third-order valence-electron chi connectivity index (χ3n) is 3.18. The SMILES string of the molecule is S=c1nccc[nH]1.[Pt+4].c1ccc(-c2cccc(-c3ccccn3)n2)nc1. The van der Waals surface area contributed by atoms with Crippen molar-refractivity contribution in [2.45, 2.75) is 0 Å². The summed E-state index contributed by atoms with van der Waals surface area (Å²) in [5.41, 5.74) is 3.46. The van der Waals surface area contributed by atoms with E-state index in [0.29, 0.717) is 4.77 Å². The summed E-state index contributed by atoms with van der Waals surface area (Å²) in [5, 5.41) is 0.